The summed E-state index contributed by atoms with van der Waals surface area (Å²) < 4.78 is 33.6. The molecule has 1 saturated heterocycles. The number of nitrogens with one attached hydrogen (secondary N) is 1. The number of amidine groups is 1. The zero-order chi connectivity index (χ0) is 23.9. The fourth-order valence-corrected chi connectivity index (χ4v) is 7.06. The molecule has 1 aromatic heterocycles. The normalized spacial score (nSPS) is 19.3. The SMILES string of the molecule is CCN1CCC(N(c2cnn(C)c2)S(=O)(=O)/N=C(\[O-])Nc2c3c(cc4c2CCC4)CCC3)CC1. The molecule has 9 nitrogen and oxygen atoms in total. The Bertz CT molecular complexity index is 1170. The largest absolute Gasteiger partial charge is 0.845 e. The smallest absolute Gasteiger partial charge is 0.345 e. The van der Waals surface area contributed by atoms with Crippen LogP contribution in [0.4, 0.5) is 11.4 Å². The molecule has 3 aliphatic rings. The van der Waals surface area contributed by atoms with E-state index in [9.17, 15) is 13.5 Å². The first-order chi connectivity index (χ1) is 16.4. The molecule has 2 heterocycles. The van der Waals surface area contributed by atoms with Crippen LogP contribution < -0.4 is 14.7 Å². The minimum absolute atomic E-state index is 0.265. The van der Waals surface area contributed by atoms with Crippen LogP contribution in [0.15, 0.2) is 22.9 Å². The Morgan fingerprint density at radius 3 is 2.38 bits per heavy atom. The van der Waals surface area contributed by atoms with E-state index in [1.807, 2.05) is 0 Å². The van der Waals surface area contributed by atoms with Crippen LogP contribution in [0, 0.1) is 0 Å². The molecule has 0 amide bonds. The quantitative estimate of drug-likeness (QED) is 0.494. The van der Waals surface area contributed by atoms with E-state index in [2.05, 4.69) is 32.7 Å². The second-order valence-corrected chi connectivity index (χ2v) is 11.0. The van der Waals surface area contributed by atoms with Gasteiger partial charge in [0.15, 0.2) is 0 Å². The Labute approximate surface area is 201 Å². The van der Waals surface area contributed by atoms with Crippen molar-refractivity contribution in [2.24, 2.45) is 11.4 Å². The highest BCUT2D eigenvalue weighted by Crippen LogP contribution is 2.38. The van der Waals surface area contributed by atoms with Gasteiger partial charge >= 0.3 is 10.2 Å². The summed E-state index contributed by atoms with van der Waals surface area (Å²) >= 11 is 0. The third kappa shape index (κ3) is 4.40. The number of hydrogen-bond acceptors (Lipinski definition) is 5. The van der Waals surface area contributed by atoms with Gasteiger partial charge in [-0.25, -0.2) is 4.31 Å². The molecule has 0 spiro atoms. The molecule has 1 aromatic carbocycles. The van der Waals surface area contributed by atoms with Crippen molar-refractivity contribution in [2.45, 2.75) is 64.3 Å². The summed E-state index contributed by atoms with van der Waals surface area (Å²) in [4.78, 5) is 2.30. The maximum Gasteiger partial charge on any atom is 0.345 e. The molecule has 1 aliphatic heterocycles. The second-order valence-electron chi connectivity index (χ2n) is 9.57. The lowest BCUT2D eigenvalue weighted by Crippen LogP contribution is -2.47. The van der Waals surface area contributed by atoms with Crippen molar-refractivity contribution in [1.82, 2.24) is 14.7 Å². The summed E-state index contributed by atoms with van der Waals surface area (Å²) in [5.74, 6) is 0. The molecule has 10 heteroatoms. The predicted octanol–water partition coefficient (Wildman–Crippen LogP) is 1.76. The number of anilines is 2. The van der Waals surface area contributed by atoms with Crippen molar-refractivity contribution in [1.29, 1.82) is 0 Å². The monoisotopic (exact) mass is 485 g/mol. The van der Waals surface area contributed by atoms with Crippen molar-refractivity contribution in [3.8, 4) is 0 Å². The summed E-state index contributed by atoms with van der Waals surface area (Å²) in [7, 11) is -2.51. The number of likely N-dealkylation sites (tertiary alicyclic amines) is 1. The van der Waals surface area contributed by atoms with Gasteiger partial charge in [-0.05, 0) is 80.2 Å². The van der Waals surface area contributed by atoms with E-state index in [4.69, 9.17) is 0 Å². The molecule has 1 fully saturated rings. The summed E-state index contributed by atoms with van der Waals surface area (Å²) in [6.45, 7) is 4.65. The van der Waals surface area contributed by atoms with Crippen LogP contribution >= 0.6 is 0 Å². The van der Waals surface area contributed by atoms with Gasteiger partial charge in [-0.1, -0.05) is 13.0 Å². The van der Waals surface area contributed by atoms with Gasteiger partial charge in [0.05, 0.1) is 17.9 Å². The molecule has 0 radical (unpaired) electrons. The van der Waals surface area contributed by atoms with Crippen molar-refractivity contribution < 1.29 is 13.5 Å². The first-order valence-corrected chi connectivity index (χ1v) is 13.7. The highest BCUT2D eigenvalue weighted by atomic mass is 32.2. The summed E-state index contributed by atoms with van der Waals surface area (Å²) in [6, 6.07) is 1.19. The number of hydrogen-bond donors (Lipinski definition) is 1. The number of benzene rings is 1. The first-order valence-electron chi connectivity index (χ1n) is 12.3. The minimum atomic E-state index is -4.26. The van der Waals surface area contributed by atoms with E-state index in [0.717, 1.165) is 75.0 Å². The Kier molecular flexibility index (Phi) is 6.28. The standard InChI is InChI=1S/C24H34N6O3S/c1-3-29-12-10-19(11-13-29)30(20-15-25-28(2)16-20)34(32,33)27-24(31)26-23-21-8-4-6-17(21)14-18-7-5-9-22(18)23/h14-16,19H,3-13H2,1-2H3,(H2,26,27,31)/p-1. The Balaban J connectivity index is 1.45. The van der Waals surface area contributed by atoms with Gasteiger partial charge in [0, 0.05) is 38.1 Å². The van der Waals surface area contributed by atoms with Crippen LogP contribution in [0.3, 0.4) is 0 Å². The maximum absolute atomic E-state index is 13.5. The fraction of sp³-hybridized carbons (Fsp3) is 0.583. The first kappa shape index (κ1) is 23.2. The van der Waals surface area contributed by atoms with Crippen LogP contribution in [0.25, 0.3) is 0 Å². The maximum atomic E-state index is 13.5. The number of piperidine rings is 1. The fourth-order valence-electron chi connectivity index (χ4n) is 5.77. The molecular formula is C24H33N6O3S-. The van der Waals surface area contributed by atoms with E-state index in [1.54, 1.807) is 17.9 Å². The number of rotatable bonds is 6. The molecular weight excluding hydrogens is 452 g/mol. The van der Waals surface area contributed by atoms with Crippen LogP contribution in [-0.4, -0.2) is 54.8 Å². The third-order valence-electron chi connectivity index (χ3n) is 7.43. The van der Waals surface area contributed by atoms with Crippen molar-refractivity contribution >= 4 is 27.6 Å². The molecule has 0 atom stereocenters. The van der Waals surface area contributed by atoms with Crippen molar-refractivity contribution in [3.05, 3.63) is 40.7 Å². The lowest BCUT2D eigenvalue weighted by atomic mass is 9.99. The zero-order valence-electron chi connectivity index (χ0n) is 20.0. The Morgan fingerprint density at radius 1 is 1.18 bits per heavy atom. The van der Waals surface area contributed by atoms with Gasteiger partial charge in [0.2, 0.25) is 0 Å². The van der Waals surface area contributed by atoms with Crippen LogP contribution in [-0.2, 0) is 42.9 Å². The summed E-state index contributed by atoms with van der Waals surface area (Å²) in [6.07, 6.45) is 10.5. The lowest BCUT2D eigenvalue weighted by Gasteiger charge is -2.37. The van der Waals surface area contributed by atoms with Gasteiger partial charge in [-0.3, -0.25) is 4.68 Å². The molecule has 2 aromatic rings. The van der Waals surface area contributed by atoms with E-state index < -0.39 is 16.2 Å². The molecule has 0 unspecified atom stereocenters. The molecule has 1 N–H and O–H groups in total. The topological polar surface area (TPSA) is 106 Å². The van der Waals surface area contributed by atoms with Gasteiger partial charge in [0.1, 0.15) is 0 Å². The van der Waals surface area contributed by atoms with Crippen molar-refractivity contribution in [2.75, 3.05) is 29.3 Å². The number of nitrogens with zero attached hydrogens (tertiary/aromatic N) is 5. The Hall–Kier alpha value is -2.59. The molecule has 2 aliphatic carbocycles. The van der Waals surface area contributed by atoms with E-state index in [0.29, 0.717) is 18.5 Å². The second kappa shape index (κ2) is 9.22. The number of fused-ring (bicyclic) bond motifs is 2. The van der Waals surface area contributed by atoms with Gasteiger partial charge < -0.3 is 15.3 Å². The Morgan fingerprint density at radius 2 is 1.82 bits per heavy atom. The molecule has 184 valence electrons. The molecule has 5 rings (SSSR count). The number of aryl methyl sites for hydroxylation is 3. The average Bonchev–Trinajstić information content (AvgIpc) is 3.55. The summed E-state index contributed by atoms with van der Waals surface area (Å²) in [5.41, 5.74) is 6.10. The summed E-state index contributed by atoms with van der Waals surface area (Å²) in [5, 5.41) is 20.1. The molecule has 0 saturated carbocycles. The average molecular weight is 486 g/mol. The van der Waals surface area contributed by atoms with E-state index in [1.165, 1.54) is 21.6 Å². The van der Waals surface area contributed by atoms with Crippen LogP contribution in [0.1, 0.15) is 54.9 Å². The van der Waals surface area contributed by atoms with E-state index in [-0.39, 0.29) is 6.04 Å². The lowest BCUT2D eigenvalue weighted by molar-refractivity contribution is -0.213. The van der Waals surface area contributed by atoms with Gasteiger partial charge in [-0.2, -0.15) is 13.5 Å². The highest BCUT2D eigenvalue weighted by Gasteiger charge is 2.33. The zero-order valence-corrected chi connectivity index (χ0v) is 20.8. The van der Waals surface area contributed by atoms with E-state index >= 15 is 0 Å². The van der Waals surface area contributed by atoms with Crippen molar-refractivity contribution in [3.63, 3.8) is 0 Å². The molecule has 0 bridgehead atoms. The van der Waals surface area contributed by atoms with Crippen LogP contribution in [0.2, 0.25) is 0 Å². The minimum Gasteiger partial charge on any atom is -0.845 e. The van der Waals surface area contributed by atoms with Gasteiger partial charge in [0.25, 0.3) is 0 Å². The highest BCUT2D eigenvalue weighted by molar-refractivity contribution is 7.91. The molecule has 34 heavy (non-hydrogen) atoms. The number of aromatic nitrogens is 2. The third-order valence-corrected chi connectivity index (χ3v) is 8.84. The predicted molar refractivity (Wildman–Crippen MR) is 131 cm³/mol. The van der Waals surface area contributed by atoms with Gasteiger partial charge in [-0.15, -0.1) is 4.40 Å². The van der Waals surface area contributed by atoms with Crippen LogP contribution in [0.5, 0.6) is 0 Å².